The molecule has 1 saturated heterocycles. The topological polar surface area (TPSA) is 29.3 Å². The molecule has 1 saturated carbocycles. The van der Waals surface area contributed by atoms with Gasteiger partial charge >= 0.3 is 0 Å². The molecule has 3 atom stereocenters. The molecule has 3 unspecified atom stereocenters. The number of nitrogens with zero attached hydrogens (tertiary/aromatic N) is 1. The zero-order valence-corrected chi connectivity index (χ0v) is 9.58. The van der Waals surface area contributed by atoms with E-state index in [4.69, 9.17) is 5.73 Å². The van der Waals surface area contributed by atoms with Crippen LogP contribution in [0.4, 0.5) is 0 Å². The molecule has 0 bridgehead atoms. The minimum absolute atomic E-state index is 0.692. The summed E-state index contributed by atoms with van der Waals surface area (Å²) >= 11 is 0. The molecule has 82 valence electrons. The van der Waals surface area contributed by atoms with Gasteiger partial charge in [0.1, 0.15) is 0 Å². The predicted molar refractivity (Wildman–Crippen MR) is 60.2 cm³/mol. The zero-order valence-electron chi connectivity index (χ0n) is 9.58. The van der Waals surface area contributed by atoms with Gasteiger partial charge in [-0.25, -0.2) is 0 Å². The van der Waals surface area contributed by atoms with E-state index in [1.54, 1.807) is 0 Å². The minimum Gasteiger partial charge on any atom is -0.329 e. The maximum absolute atomic E-state index is 5.93. The third kappa shape index (κ3) is 1.82. The van der Waals surface area contributed by atoms with Crippen LogP contribution in [0.15, 0.2) is 0 Å². The normalized spacial score (nSPS) is 36.2. The lowest BCUT2D eigenvalue weighted by Gasteiger charge is -2.35. The number of nitrogens with two attached hydrogens (primary N) is 1. The van der Waals surface area contributed by atoms with Gasteiger partial charge in [0, 0.05) is 24.7 Å². The molecule has 0 amide bonds. The SMILES string of the molecule is CCC1CCC(C)N1C(CN)C1CC1. The molecule has 0 radical (unpaired) electrons. The molecular formula is C12H24N2. The molecule has 2 aliphatic rings. The monoisotopic (exact) mass is 196 g/mol. The smallest absolute Gasteiger partial charge is 0.0252 e. The standard InChI is InChI=1S/C12H24N2/c1-3-11-7-4-9(2)14(11)12(8-13)10-5-6-10/h9-12H,3-8,13H2,1-2H3. The van der Waals surface area contributed by atoms with Crippen LogP contribution in [0, 0.1) is 5.92 Å². The molecule has 1 aliphatic carbocycles. The van der Waals surface area contributed by atoms with Gasteiger partial charge in [-0.15, -0.1) is 0 Å². The molecular weight excluding hydrogens is 172 g/mol. The Balaban J connectivity index is 2.03. The molecule has 2 N–H and O–H groups in total. The van der Waals surface area contributed by atoms with Gasteiger partial charge in [-0.3, -0.25) is 4.90 Å². The summed E-state index contributed by atoms with van der Waals surface area (Å²) in [6.45, 7) is 5.56. The average Bonchev–Trinajstić information content (AvgIpc) is 2.95. The van der Waals surface area contributed by atoms with Crippen molar-refractivity contribution >= 4 is 0 Å². The van der Waals surface area contributed by atoms with E-state index >= 15 is 0 Å². The molecule has 1 aliphatic heterocycles. The van der Waals surface area contributed by atoms with Gasteiger partial charge < -0.3 is 5.73 Å². The summed E-state index contributed by atoms with van der Waals surface area (Å²) in [5.41, 5.74) is 5.93. The predicted octanol–water partition coefficient (Wildman–Crippen LogP) is 1.99. The molecule has 0 aromatic heterocycles. The van der Waals surface area contributed by atoms with E-state index in [9.17, 15) is 0 Å². The van der Waals surface area contributed by atoms with E-state index in [-0.39, 0.29) is 0 Å². The Labute approximate surface area is 87.8 Å². The van der Waals surface area contributed by atoms with Crippen molar-refractivity contribution < 1.29 is 0 Å². The lowest BCUT2D eigenvalue weighted by molar-refractivity contribution is 0.121. The fourth-order valence-corrected chi connectivity index (χ4v) is 3.14. The first-order valence-electron chi connectivity index (χ1n) is 6.25. The maximum Gasteiger partial charge on any atom is 0.0252 e. The van der Waals surface area contributed by atoms with Crippen molar-refractivity contribution in [3.63, 3.8) is 0 Å². The van der Waals surface area contributed by atoms with Crippen LogP contribution in [0.3, 0.4) is 0 Å². The Kier molecular flexibility index (Phi) is 3.13. The largest absolute Gasteiger partial charge is 0.329 e. The van der Waals surface area contributed by atoms with Gasteiger partial charge in [0.15, 0.2) is 0 Å². The van der Waals surface area contributed by atoms with Crippen LogP contribution in [-0.2, 0) is 0 Å². The van der Waals surface area contributed by atoms with Crippen molar-refractivity contribution in [1.82, 2.24) is 4.90 Å². The third-order valence-corrected chi connectivity index (χ3v) is 4.11. The Morgan fingerprint density at radius 1 is 1.29 bits per heavy atom. The Bertz CT molecular complexity index is 189. The first kappa shape index (κ1) is 10.4. The van der Waals surface area contributed by atoms with Crippen molar-refractivity contribution in [2.45, 2.75) is 64.1 Å². The minimum atomic E-state index is 0.692. The van der Waals surface area contributed by atoms with Crippen LogP contribution >= 0.6 is 0 Å². The lowest BCUT2D eigenvalue weighted by atomic mass is 10.1. The third-order valence-electron chi connectivity index (χ3n) is 4.11. The van der Waals surface area contributed by atoms with E-state index in [0.717, 1.165) is 24.5 Å². The van der Waals surface area contributed by atoms with Gasteiger partial charge in [-0.2, -0.15) is 0 Å². The second-order valence-electron chi connectivity index (χ2n) is 5.08. The zero-order chi connectivity index (χ0) is 10.1. The maximum atomic E-state index is 5.93. The summed E-state index contributed by atoms with van der Waals surface area (Å²) in [6, 6.07) is 2.28. The molecule has 14 heavy (non-hydrogen) atoms. The summed E-state index contributed by atoms with van der Waals surface area (Å²) in [7, 11) is 0. The summed E-state index contributed by atoms with van der Waals surface area (Å²) in [5.74, 6) is 0.926. The van der Waals surface area contributed by atoms with E-state index in [2.05, 4.69) is 18.7 Å². The molecule has 2 heteroatoms. The van der Waals surface area contributed by atoms with E-state index in [1.807, 2.05) is 0 Å². The first-order valence-corrected chi connectivity index (χ1v) is 6.25. The molecule has 1 heterocycles. The summed E-state index contributed by atoms with van der Waals surface area (Å²) in [5, 5.41) is 0. The fraction of sp³-hybridized carbons (Fsp3) is 1.00. The Morgan fingerprint density at radius 3 is 2.50 bits per heavy atom. The lowest BCUT2D eigenvalue weighted by Crippen LogP contribution is -2.48. The summed E-state index contributed by atoms with van der Waals surface area (Å²) in [6.07, 6.45) is 6.90. The second-order valence-corrected chi connectivity index (χ2v) is 5.08. The van der Waals surface area contributed by atoms with Gasteiger partial charge in [0.05, 0.1) is 0 Å². The number of hydrogen-bond donors (Lipinski definition) is 1. The molecule has 2 fully saturated rings. The van der Waals surface area contributed by atoms with Crippen LogP contribution in [-0.4, -0.2) is 29.6 Å². The van der Waals surface area contributed by atoms with Crippen LogP contribution < -0.4 is 5.73 Å². The van der Waals surface area contributed by atoms with Crippen molar-refractivity contribution in [3.05, 3.63) is 0 Å². The number of hydrogen-bond acceptors (Lipinski definition) is 2. The van der Waals surface area contributed by atoms with E-state index < -0.39 is 0 Å². The summed E-state index contributed by atoms with van der Waals surface area (Å²) in [4.78, 5) is 2.73. The number of likely N-dealkylation sites (tertiary alicyclic amines) is 1. The Morgan fingerprint density at radius 2 is 2.00 bits per heavy atom. The van der Waals surface area contributed by atoms with Gasteiger partial charge in [-0.05, 0) is 44.9 Å². The molecule has 2 nitrogen and oxygen atoms in total. The Hall–Kier alpha value is -0.0800. The molecule has 0 spiro atoms. The van der Waals surface area contributed by atoms with Crippen molar-refractivity contribution in [2.75, 3.05) is 6.54 Å². The summed E-state index contributed by atoms with van der Waals surface area (Å²) < 4.78 is 0. The highest BCUT2D eigenvalue weighted by Crippen LogP contribution is 2.39. The fourth-order valence-electron chi connectivity index (χ4n) is 3.14. The van der Waals surface area contributed by atoms with E-state index in [1.165, 1.54) is 32.1 Å². The molecule has 0 aromatic carbocycles. The van der Waals surface area contributed by atoms with Gasteiger partial charge in [0.2, 0.25) is 0 Å². The van der Waals surface area contributed by atoms with Crippen molar-refractivity contribution in [1.29, 1.82) is 0 Å². The highest BCUT2D eigenvalue weighted by atomic mass is 15.2. The van der Waals surface area contributed by atoms with Crippen LogP contribution in [0.25, 0.3) is 0 Å². The van der Waals surface area contributed by atoms with Crippen LogP contribution in [0.2, 0.25) is 0 Å². The van der Waals surface area contributed by atoms with Crippen molar-refractivity contribution in [2.24, 2.45) is 11.7 Å². The highest BCUT2D eigenvalue weighted by Gasteiger charge is 2.41. The van der Waals surface area contributed by atoms with Crippen molar-refractivity contribution in [3.8, 4) is 0 Å². The molecule has 0 aromatic rings. The van der Waals surface area contributed by atoms with E-state index in [0.29, 0.717) is 6.04 Å². The first-order chi connectivity index (χ1) is 6.77. The quantitative estimate of drug-likeness (QED) is 0.745. The van der Waals surface area contributed by atoms with Crippen LogP contribution in [0.1, 0.15) is 46.0 Å². The van der Waals surface area contributed by atoms with Crippen LogP contribution in [0.5, 0.6) is 0 Å². The highest BCUT2D eigenvalue weighted by molar-refractivity contribution is 4.96. The second kappa shape index (κ2) is 4.19. The van der Waals surface area contributed by atoms with Gasteiger partial charge in [-0.1, -0.05) is 6.92 Å². The average molecular weight is 196 g/mol. The number of rotatable bonds is 4. The van der Waals surface area contributed by atoms with Gasteiger partial charge in [0.25, 0.3) is 0 Å². The molecule has 2 rings (SSSR count).